The lowest BCUT2D eigenvalue weighted by molar-refractivity contribution is 0.342. The van der Waals surface area contributed by atoms with Crippen molar-refractivity contribution < 1.29 is 4.74 Å². The molecule has 0 fully saturated rings. The van der Waals surface area contributed by atoms with E-state index in [9.17, 15) is 0 Å². The van der Waals surface area contributed by atoms with Crippen LogP contribution in [0.2, 0.25) is 0 Å². The summed E-state index contributed by atoms with van der Waals surface area (Å²) in [5, 5.41) is 7.03. The van der Waals surface area contributed by atoms with E-state index >= 15 is 0 Å². The number of nitrogens with zero attached hydrogens (tertiary/aromatic N) is 1. The van der Waals surface area contributed by atoms with Crippen molar-refractivity contribution >= 4 is 28.7 Å². The molecular formula is C19H25N3OS. The average Bonchev–Trinajstić information content (AvgIpc) is 2.57. The Labute approximate surface area is 149 Å². The third-order valence-electron chi connectivity index (χ3n) is 3.64. The molecule has 0 amide bonds. The minimum Gasteiger partial charge on any atom is -0.492 e. The predicted molar refractivity (Wildman–Crippen MR) is 106 cm³/mol. The first-order chi connectivity index (χ1) is 11.6. The summed E-state index contributed by atoms with van der Waals surface area (Å²) in [7, 11) is 2.08. The predicted octanol–water partition coefficient (Wildman–Crippen LogP) is 3.82. The topological polar surface area (TPSA) is 36.5 Å². The van der Waals surface area contributed by atoms with Crippen molar-refractivity contribution in [2.75, 3.05) is 37.0 Å². The van der Waals surface area contributed by atoms with Crippen LogP contribution in [0.25, 0.3) is 0 Å². The Morgan fingerprint density at radius 3 is 2.54 bits per heavy atom. The monoisotopic (exact) mass is 343 g/mol. The van der Waals surface area contributed by atoms with Crippen molar-refractivity contribution in [1.82, 2.24) is 5.32 Å². The van der Waals surface area contributed by atoms with Gasteiger partial charge >= 0.3 is 0 Å². The molecule has 4 nitrogen and oxygen atoms in total. The summed E-state index contributed by atoms with van der Waals surface area (Å²) in [6, 6.07) is 16.3. The fraction of sp³-hybridized carbons (Fsp3) is 0.316. The zero-order valence-electron chi connectivity index (χ0n) is 14.5. The molecule has 2 rings (SSSR count). The maximum Gasteiger partial charge on any atom is 0.170 e. The van der Waals surface area contributed by atoms with Gasteiger partial charge < -0.3 is 20.3 Å². The molecule has 2 aromatic carbocycles. The number of thiocarbonyl (C=S) groups is 1. The van der Waals surface area contributed by atoms with Crippen LogP contribution in [0.15, 0.2) is 48.5 Å². The van der Waals surface area contributed by atoms with Gasteiger partial charge in [-0.05, 0) is 50.3 Å². The van der Waals surface area contributed by atoms with E-state index in [2.05, 4.69) is 53.8 Å². The van der Waals surface area contributed by atoms with Crippen molar-refractivity contribution in [3.8, 4) is 5.75 Å². The lowest BCUT2D eigenvalue weighted by Gasteiger charge is -2.20. The molecule has 24 heavy (non-hydrogen) atoms. The Kier molecular flexibility index (Phi) is 6.88. The summed E-state index contributed by atoms with van der Waals surface area (Å²) in [5.41, 5.74) is 3.34. The first-order valence-corrected chi connectivity index (χ1v) is 8.55. The largest absolute Gasteiger partial charge is 0.492 e. The minimum absolute atomic E-state index is 0.597. The molecule has 0 unspecified atom stereocenters. The Balaban J connectivity index is 1.80. The lowest BCUT2D eigenvalue weighted by Crippen LogP contribution is -2.35. The molecule has 0 saturated carbocycles. The summed E-state index contributed by atoms with van der Waals surface area (Å²) >= 11 is 5.37. The molecule has 0 aliphatic carbocycles. The van der Waals surface area contributed by atoms with E-state index in [4.69, 9.17) is 17.0 Å². The van der Waals surface area contributed by atoms with Gasteiger partial charge in [0, 0.05) is 25.8 Å². The van der Waals surface area contributed by atoms with Gasteiger partial charge in [0.05, 0.1) is 12.3 Å². The molecule has 2 aromatic rings. The van der Waals surface area contributed by atoms with Crippen LogP contribution in [0.1, 0.15) is 12.5 Å². The first kappa shape index (κ1) is 18.1. The minimum atomic E-state index is 0.597. The van der Waals surface area contributed by atoms with Gasteiger partial charge in [-0.15, -0.1) is 0 Å². The highest BCUT2D eigenvalue weighted by molar-refractivity contribution is 7.80. The number of nitrogens with one attached hydrogen (secondary N) is 2. The lowest BCUT2D eigenvalue weighted by atomic mass is 10.2. The van der Waals surface area contributed by atoms with Crippen LogP contribution in [-0.4, -0.2) is 31.9 Å². The van der Waals surface area contributed by atoms with E-state index in [0.717, 1.165) is 24.5 Å². The van der Waals surface area contributed by atoms with Gasteiger partial charge in [0.1, 0.15) is 5.75 Å². The number of para-hydroxylation sites is 2. The average molecular weight is 343 g/mol. The van der Waals surface area contributed by atoms with E-state index in [1.165, 1.54) is 11.3 Å². The van der Waals surface area contributed by atoms with Crippen LogP contribution in [0.3, 0.4) is 0 Å². The zero-order chi connectivity index (χ0) is 17.4. The quantitative estimate of drug-likeness (QED) is 0.748. The standard InChI is InChI=1S/C19H25N3OS/c1-4-23-18-8-6-5-7-17(18)21-19(24)20-13-14-22(3)16-11-9-15(2)10-12-16/h5-12H,4,13-14H2,1-3H3,(H2,20,21,24). The van der Waals surface area contributed by atoms with Gasteiger partial charge in [0.15, 0.2) is 5.11 Å². The molecule has 128 valence electrons. The smallest absolute Gasteiger partial charge is 0.170 e. The fourth-order valence-corrected chi connectivity index (χ4v) is 2.50. The molecule has 2 N–H and O–H groups in total. The SMILES string of the molecule is CCOc1ccccc1NC(=S)NCCN(C)c1ccc(C)cc1. The molecule has 0 bridgehead atoms. The molecule has 0 aromatic heterocycles. The van der Waals surface area contributed by atoms with Gasteiger partial charge in [-0.3, -0.25) is 0 Å². The van der Waals surface area contributed by atoms with E-state index in [-0.39, 0.29) is 0 Å². The molecule has 0 radical (unpaired) electrons. The third kappa shape index (κ3) is 5.42. The highest BCUT2D eigenvalue weighted by Gasteiger charge is 2.05. The Morgan fingerprint density at radius 2 is 1.83 bits per heavy atom. The van der Waals surface area contributed by atoms with Crippen LogP contribution < -0.4 is 20.3 Å². The van der Waals surface area contributed by atoms with Crippen LogP contribution in [0.4, 0.5) is 11.4 Å². The van der Waals surface area contributed by atoms with E-state index < -0.39 is 0 Å². The van der Waals surface area contributed by atoms with E-state index in [0.29, 0.717) is 11.7 Å². The third-order valence-corrected chi connectivity index (χ3v) is 3.89. The summed E-state index contributed by atoms with van der Waals surface area (Å²) in [6.07, 6.45) is 0. The second-order valence-corrected chi connectivity index (χ2v) is 5.98. The number of likely N-dealkylation sites (N-methyl/N-ethyl adjacent to an activating group) is 1. The Hall–Kier alpha value is -2.27. The van der Waals surface area contributed by atoms with Crippen LogP contribution >= 0.6 is 12.2 Å². The summed E-state index contributed by atoms with van der Waals surface area (Å²) in [6.45, 7) is 6.30. The van der Waals surface area contributed by atoms with Gasteiger partial charge in [0.2, 0.25) is 0 Å². The molecule has 0 spiro atoms. The molecule has 0 aliphatic rings. The Morgan fingerprint density at radius 1 is 1.12 bits per heavy atom. The summed E-state index contributed by atoms with van der Waals surface area (Å²) in [5.74, 6) is 0.806. The number of ether oxygens (including phenoxy) is 1. The number of anilines is 2. The molecule has 0 saturated heterocycles. The molecular weight excluding hydrogens is 318 g/mol. The van der Waals surface area contributed by atoms with Crippen LogP contribution in [0, 0.1) is 6.92 Å². The van der Waals surface area contributed by atoms with Gasteiger partial charge in [-0.1, -0.05) is 29.8 Å². The molecule has 5 heteroatoms. The normalized spacial score (nSPS) is 10.1. The highest BCUT2D eigenvalue weighted by atomic mass is 32.1. The second kappa shape index (κ2) is 9.13. The van der Waals surface area contributed by atoms with E-state index in [1.807, 2.05) is 31.2 Å². The molecule has 0 atom stereocenters. The zero-order valence-corrected chi connectivity index (χ0v) is 15.3. The molecule has 0 aliphatic heterocycles. The van der Waals surface area contributed by atoms with E-state index in [1.54, 1.807) is 0 Å². The first-order valence-electron chi connectivity index (χ1n) is 8.14. The number of benzene rings is 2. The fourth-order valence-electron chi connectivity index (χ4n) is 2.28. The highest BCUT2D eigenvalue weighted by Crippen LogP contribution is 2.23. The summed E-state index contributed by atoms with van der Waals surface area (Å²) in [4.78, 5) is 2.20. The number of hydrogen-bond acceptors (Lipinski definition) is 3. The van der Waals surface area contributed by atoms with Crippen molar-refractivity contribution in [2.45, 2.75) is 13.8 Å². The van der Waals surface area contributed by atoms with Crippen molar-refractivity contribution in [2.24, 2.45) is 0 Å². The molecule has 0 heterocycles. The second-order valence-electron chi connectivity index (χ2n) is 5.57. The maximum atomic E-state index is 5.59. The number of hydrogen-bond donors (Lipinski definition) is 2. The van der Waals surface area contributed by atoms with Crippen LogP contribution in [-0.2, 0) is 0 Å². The number of aryl methyl sites for hydroxylation is 1. The van der Waals surface area contributed by atoms with Gasteiger partial charge in [-0.2, -0.15) is 0 Å². The van der Waals surface area contributed by atoms with Crippen molar-refractivity contribution in [3.05, 3.63) is 54.1 Å². The Bertz CT molecular complexity index is 658. The maximum absolute atomic E-state index is 5.59. The van der Waals surface area contributed by atoms with Crippen molar-refractivity contribution in [1.29, 1.82) is 0 Å². The van der Waals surface area contributed by atoms with Gasteiger partial charge in [0.25, 0.3) is 0 Å². The van der Waals surface area contributed by atoms with Crippen molar-refractivity contribution in [3.63, 3.8) is 0 Å². The van der Waals surface area contributed by atoms with Gasteiger partial charge in [-0.25, -0.2) is 0 Å². The van der Waals surface area contributed by atoms with Crippen LogP contribution in [0.5, 0.6) is 5.75 Å². The summed E-state index contributed by atoms with van der Waals surface area (Å²) < 4.78 is 5.59. The number of rotatable bonds is 7.